The van der Waals surface area contributed by atoms with Gasteiger partial charge in [0.05, 0.1) is 5.52 Å². The van der Waals surface area contributed by atoms with Crippen LogP contribution in [0.5, 0.6) is 0 Å². The van der Waals surface area contributed by atoms with Crippen LogP contribution >= 0.6 is 0 Å². The molecule has 2 nitrogen and oxygen atoms in total. The fraction of sp³-hybridized carbons (Fsp3) is 0.0714. The van der Waals surface area contributed by atoms with Crippen LogP contribution in [0.25, 0.3) is 11.0 Å². The molecule has 1 heterocycles. The SMILES string of the molecule is Fc1ccc(Cc2nc3c(F)cccc3[nH]2)cc1F. The molecular weight excluding hydrogens is 253 g/mol. The second-order valence-electron chi connectivity index (χ2n) is 4.24. The van der Waals surface area contributed by atoms with Crippen molar-refractivity contribution in [2.45, 2.75) is 6.42 Å². The Morgan fingerprint density at radius 3 is 2.53 bits per heavy atom. The third-order valence-corrected chi connectivity index (χ3v) is 2.87. The minimum atomic E-state index is -0.903. The number of fused-ring (bicyclic) bond motifs is 1. The maximum atomic E-state index is 13.5. The van der Waals surface area contributed by atoms with Gasteiger partial charge in [-0.15, -0.1) is 0 Å². The van der Waals surface area contributed by atoms with Gasteiger partial charge in [-0.2, -0.15) is 0 Å². The summed E-state index contributed by atoms with van der Waals surface area (Å²) < 4.78 is 39.4. The maximum Gasteiger partial charge on any atom is 0.159 e. The average Bonchev–Trinajstić information content (AvgIpc) is 2.78. The molecule has 0 fully saturated rings. The lowest BCUT2D eigenvalue weighted by Crippen LogP contribution is -1.93. The number of H-pyrrole nitrogens is 1. The molecule has 0 amide bonds. The van der Waals surface area contributed by atoms with Gasteiger partial charge in [-0.05, 0) is 29.8 Å². The van der Waals surface area contributed by atoms with Crippen molar-refractivity contribution in [3.05, 3.63) is 65.2 Å². The number of nitrogens with zero attached hydrogens (tertiary/aromatic N) is 1. The van der Waals surface area contributed by atoms with Gasteiger partial charge < -0.3 is 4.98 Å². The van der Waals surface area contributed by atoms with Crippen LogP contribution in [0.1, 0.15) is 11.4 Å². The lowest BCUT2D eigenvalue weighted by molar-refractivity contribution is 0.507. The summed E-state index contributed by atoms with van der Waals surface area (Å²) in [5.41, 5.74) is 1.40. The van der Waals surface area contributed by atoms with E-state index >= 15 is 0 Å². The number of benzene rings is 2. The van der Waals surface area contributed by atoms with Crippen LogP contribution in [0, 0.1) is 17.5 Å². The van der Waals surface area contributed by atoms with Crippen molar-refractivity contribution in [1.82, 2.24) is 9.97 Å². The van der Waals surface area contributed by atoms with Crippen LogP contribution in [-0.2, 0) is 6.42 Å². The van der Waals surface area contributed by atoms with E-state index in [-0.39, 0.29) is 11.9 Å². The van der Waals surface area contributed by atoms with E-state index in [1.165, 1.54) is 12.1 Å². The first-order valence-electron chi connectivity index (χ1n) is 5.70. The summed E-state index contributed by atoms with van der Waals surface area (Å²) in [5.74, 6) is -1.70. The van der Waals surface area contributed by atoms with E-state index in [1.807, 2.05) is 0 Å². The van der Waals surface area contributed by atoms with Gasteiger partial charge in [-0.3, -0.25) is 0 Å². The normalized spacial score (nSPS) is 11.1. The summed E-state index contributed by atoms with van der Waals surface area (Å²) >= 11 is 0. The smallest absolute Gasteiger partial charge is 0.159 e. The number of hydrogen-bond acceptors (Lipinski definition) is 1. The molecule has 0 atom stereocenters. The maximum absolute atomic E-state index is 13.5. The van der Waals surface area contributed by atoms with Gasteiger partial charge in [0.2, 0.25) is 0 Å². The van der Waals surface area contributed by atoms with E-state index in [0.29, 0.717) is 16.9 Å². The minimum absolute atomic E-state index is 0.250. The monoisotopic (exact) mass is 262 g/mol. The zero-order valence-electron chi connectivity index (χ0n) is 9.75. The number of rotatable bonds is 2. The fourth-order valence-corrected chi connectivity index (χ4v) is 1.97. The highest BCUT2D eigenvalue weighted by molar-refractivity contribution is 5.75. The molecule has 0 spiro atoms. The molecule has 3 rings (SSSR count). The van der Waals surface area contributed by atoms with Crippen LogP contribution < -0.4 is 0 Å². The van der Waals surface area contributed by atoms with Crippen LogP contribution in [0.15, 0.2) is 36.4 Å². The van der Waals surface area contributed by atoms with Crippen molar-refractivity contribution in [3.8, 4) is 0 Å². The summed E-state index contributed by atoms with van der Waals surface area (Å²) in [5, 5.41) is 0. The number of aromatic nitrogens is 2. The first-order chi connectivity index (χ1) is 9.13. The Labute approximate surface area is 106 Å². The molecular formula is C14H9F3N2. The molecule has 96 valence electrons. The molecule has 0 saturated carbocycles. The Morgan fingerprint density at radius 2 is 1.79 bits per heavy atom. The van der Waals surface area contributed by atoms with Gasteiger partial charge in [0, 0.05) is 6.42 Å². The summed E-state index contributed by atoms with van der Waals surface area (Å²) in [7, 11) is 0. The number of aromatic amines is 1. The highest BCUT2D eigenvalue weighted by Crippen LogP contribution is 2.17. The summed E-state index contributed by atoms with van der Waals surface area (Å²) in [6, 6.07) is 8.26. The van der Waals surface area contributed by atoms with Crippen molar-refractivity contribution in [3.63, 3.8) is 0 Å². The lowest BCUT2D eigenvalue weighted by atomic mass is 10.1. The van der Waals surface area contributed by atoms with E-state index in [9.17, 15) is 13.2 Å². The molecule has 0 bridgehead atoms. The van der Waals surface area contributed by atoms with Gasteiger partial charge in [-0.1, -0.05) is 12.1 Å². The van der Waals surface area contributed by atoms with Crippen molar-refractivity contribution in [1.29, 1.82) is 0 Å². The van der Waals surface area contributed by atoms with E-state index in [4.69, 9.17) is 0 Å². The van der Waals surface area contributed by atoms with Gasteiger partial charge in [0.1, 0.15) is 11.3 Å². The second kappa shape index (κ2) is 4.42. The van der Waals surface area contributed by atoms with Crippen molar-refractivity contribution in [2.24, 2.45) is 0 Å². The predicted octanol–water partition coefficient (Wildman–Crippen LogP) is 3.57. The molecule has 3 aromatic rings. The third-order valence-electron chi connectivity index (χ3n) is 2.87. The van der Waals surface area contributed by atoms with E-state index in [1.54, 1.807) is 12.1 Å². The van der Waals surface area contributed by atoms with E-state index < -0.39 is 17.5 Å². The molecule has 0 aliphatic rings. The Morgan fingerprint density at radius 1 is 0.947 bits per heavy atom. The first-order valence-corrected chi connectivity index (χ1v) is 5.70. The predicted molar refractivity (Wildman–Crippen MR) is 65.2 cm³/mol. The third kappa shape index (κ3) is 2.19. The van der Waals surface area contributed by atoms with Crippen LogP contribution in [0.3, 0.4) is 0 Å². The van der Waals surface area contributed by atoms with Crippen LogP contribution in [0.2, 0.25) is 0 Å². The summed E-state index contributed by atoms with van der Waals surface area (Å²) in [4.78, 5) is 7.06. The minimum Gasteiger partial charge on any atom is -0.342 e. The van der Waals surface area contributed by atoms with E-state index in [2.05, 4.69) is 9.97 Å². The number of imidazole rings is 1. The van der Waals surface area contributed by atoms with Gasteiger partial charge >= 0.3 is 0 Å². The average molecular weight is 262 g/mol. The molecule has 5 heteroatoms. The Kier molecular flexibility index (Phi) is 2.74. The zero-order chi connectivity index (χ0) is 13.4. The Hall–Kier alpha value is -2.30. The highest BCUT2D eigenvalue weighted by atomic mass is 19.2. The van der Waals surface area contributed by atoms with Crippen LogP contribution in [-0.4, -0.2) is 9.97 Å². The highest BCUT2D eigenvalue weighted by Gasteiger charge is 2.09. The summed E-state index contributed by atoms with van der Waals surface area (Å²) in [6.45, 7) is 0. The second-order valence-corrected chi connectivity index (χ2v) is 4.24. The standard InChI is InChI=1S/C14H9F3N2/c15-9-5-4-8(6-11(9)17)7-13-18-12-3-1-2-10(16)14(12)19-13/h1-6H,7H2,(H,18,19). The molecule has 0 radical (unpaired) electrons. The van der Waals surface area contributed by atoms with E-state index in [0.717, 1.165) is 12.1 Å². The molecule has 0 aliphatic heterocycles. The number of nitrogens with one attached hydrogen (secondary N) is 1. The molecule has 1 N–H and O–H groups in total. The molecule has 19 heavy (non-hydrogen) atoms. The molecule has 1 aromatic heterocycles. The number of para-hydroxylation sites is 1. The van der Waals surface area contributed by atoms with Crippen molar-refractivity contribution in [2.75, 3.05) is 0 Å². The molecule has 0 aliphatic carbocycles. The molecule has 2 aromatic carbocycles. The van der Waals surface area contributed by atoms with Gasteiger partial charge in [0.25, 0.3) is 0 Å². The Balaban J connectivity index is 1.96. The number of halogens is 3. The van der Waals surface area contributed by atoms with Crippen molar-refractivity contribution < 1.29 is 13.2 Å². The quantitative estimate of drug-likeness (QED) is 0.751. The lowest BCUT2D eigenvalue weighted by Gasteiger charge is -1.99. The van der Waals surface area contributed by atoms with Gasteiger partial charge in [-0.25, -0.2) is 18.2 Å². The van der Waals surface area contributed by atoms with Crippen molar-refractivity contribution >= 4 is 11.0 Å². The Bertz CT molecular complexity index is 750. The topological polar surface area (TPSA) is 28.7 Å². The zero-order valence-corrected chi connectivity index (χ0v) is 9.75. The summed E-state index contributed by atoms with van der Waals surface area (Å²) in [6.07, 6.45) is 0.283. The largest absolute Gasteiger partial charge is 0.342 e. The first kappa shape index (κ1) is 11.8. The molecule has 0 saturated heterocycles. The van der Waals surface area contributed by atoms with Crippen LogP contribution in [0.4, 0.5) is 13.2 Å². The molecule has 0 unspecified atom stereocenters. The number of hydrogen-bond donors (Lipinski definition) is 1. The van der Waals surface area contributed by atoms with Gasteiger partial charge in [0.15, 0.2) is 17.5 Å². The fourth-order valence-electron chi connectivity index (χ4n) is 1.97.